The SMILES string of the molecule is CC(C)N(C)S(=O)(=O)c1ccc(NC(=O)CCNC(=O)c2ccc(Cl)cc2)cc1. The Kier molecular flexibility index (Phi) is 7.78. The first-order valence-electron chi connectivity index (χ1n) is 9.03. The minimum Gasteiger partial charge on any atom is -0.352 e. The molecule has 156 valence electrons. The van der Waals surface area contributed by atoms with Gasteiger partial charge < -0.3 is 10.6 Å². The molecule has 0 bridgehead atoms. The number of nitrogens with one attached hydrogen (secondary N) is 2. The molecule has 29 heavy (non-hydrogen) atoms. The first-order chi connectivity index (χ1) is 13.6. The lowest BCUT2D eigenvalue weighted by Crippen LogP contribution is -2.33. The van der Waals surface area contributed by atoms with Crippen LogP contribution < -0.4 is 10.6 Å². The van der Waals surface area contributed by atoms with E-state index in [2.05, 4.69) is 10.6 Å². The molecule has 2 N–H and O–H groups in total. The minimum atomic E-state index is -3.57. The summed E-state index contributed by atoms with van der Waals surface area (Å²) >= 11 is 5.78. The van der Waals surface area contributed by atoms with Gasteiger partial charge in [-0.25, -0.2) is 8.42 Å². The molecule has 0 atom stereocenters. The van der Waals surface area contributed by atoms with E-state index in [4.69, 9.17) is 11.6 Å². The lowest BCUT2D eigenvalue weighted by Gasteiger charge is -2.21. The Morgan fingerprint density at radius 1 is 1.03 bits per heavy atom. The zero-order valence-electron chi connectivity index (χ0n) is 16.5. The molecule has 2 aromatic rings. The molecule has 0 saturated heterocycles. The molecule has 0 saturated carbocycles. The standard InChI is InChI=1S/C20H24ClN3O4S/c1-14(2)24(3)29(27,28)18-10-8-17(9-11-18)23-19(25)12-13-22-20(26)15-4-6-16(21)7-5-15/h4-11,14H,12-13H2,1-3H3,(H,22,26)(H,23,25). The van der Waals surface area contributed by atoms with Crippen molar-refractivity contribution < 1.29 is 18.0 Å². The fourth-order valence-corrected chi connectivity index (χ4v) is 3.86. The van der Waals surface area contributed by atoms with Gasteiger partial charge in [-0.2, -0.15) is 4.31 Å². The number of anilines is 1. The summed E-state index contributed by atoms with van der Waals surface area (Å²) in [5.41, 5.74) is 0.933. The molecule has 0 fully saturated rings. The number of sulfonamides is 1. The molecule has 0 aromatic heterocycles. The van der Waals surface area contributed by atoms with Gasteiger partial charge in [0.15, 0.2) is 0 Å². The van der Waals surface area contributed by atoms with Gasteiger partial charge in [0.1, 0.15) is 0 Å². The number of hydrogen-bond donors (Lipinski definition) is 2. The van der Waals surface area contributed by atoms with Crippen LogP contribution in [0, 0.1) is 0 Å². The van der Waals surface area contributed by atoms with Crippen molar-refractivity contribution in [3.05, 3.63) is 59.1 Å². The van der Waals surface area contributed by atoms with Crippen molar-refractivity contribution in [1.82, 2.24) is 9.62 Å². The molecule has 2 aromatic carbocycles. The summed E-state index contributed by atoms with van der Waals surface area (Å²) in [6.07, 6.45) is 0.0788. The van der Waals surface area contributed by atoms with Crippen LogP contribution in [0.1, 0.15) is 30.6 Å². The largest absolute Gasteiger partial charge is 0.352 e. The molecule has 7 nitrogen and oxygen atoms in total. The Labute approximate surface area is 176 Å². The van der Waals surface area contributed by atoms with Crippen molar-refractivity contribution in [1.29, 1.82) is 0 Å². The van der Waals surface area contributed by atoms with Gasteiger partial charge in [0.05, 0.1) is 4.90 Å². The van der Waals surface area contributed by atoms with E-state index in [0.717, 1.165) is 0 Å². The fourth-order valence-electron chi connectivity index (χ4n) is 2.37. The highest BCUT2D eigenvalue weighted by molar-refractivity contribution is 7.89. The first kappa shape index (κ1) is 22.9. The second-order valence-corrected chi connectivity index (χ2v) is 9.13. The van der Waals surface area contributed by atoms with Crippen LogP contribution in [0.15, 0.2) is 53.4 Å². The molecule has 0 aliphatic rings. The Morgan fingerprint density at radius 2 is 1.62 bits per heavy atom. The second-order valence-electron chi connectivity index (χ2n) is 6.70. The Bertz CT molecular complexity index is 958. The summed E-state index contributed by atoms with van der Waals surface area (Å²) in [7, 11) is -2.05. The second kappa shape index (κ2) is 9.87. The van der Waals surface area contributed by atoms with Gasteiger partial charge in [-0.1, -0.05) is 11.6 Å². The van der Waals surface area contributed by atoms with Crippen LogP contribution in [0.5, 0.6) is 0 Å². The molecule has 0 unspecified atom stereocenters. The summed E-state index contributed by atoms with van der Waals surface area (Å²) in [4.78, 5) is 24.2. The van der Waals surface area contributed by atoms with Crippen molar-refractivity contribution in [3.8, 4) is 0 Å². The number of nitrogens with zero attached hydrogens (tertiary/aromatic N) is 1. The smallest absolute Gasteiger partial charge is 0.251 e. The van der Waals surface area contributed by atoms with Gasteiger partial charge in [0.2, 0.25) is 15.9 Å². The summed E-state index contributed by atoms with van der Waals surface area (Å²) in [5, 5.41) is 5.87. The molecule has 2 rings (SSSR count). The summed E-state index contributed by atoms with van der Waals surface area (Å²) in [5.74, 6) is -0.588. The predicted octanol–water partition coefficient (Wildman–Crippen LogP) is 3.13. The van der Waals surface area contributed by atoms with Crippen LogP contribution in [0.25, 0.3) is 0 Å². The van der Waals surface area contributed by atoms with Gasteiger partial charge in [-0.15, -0.1) is 0 Å². The number of carbonyl (C=O) groups excluding carboxylic acids is 2. The lowest BCUT2D eigenvalue weighted by molar-refractivity contribution is -0.116. The van der Waals surface area contributed by atoms with Crippen molar-refractivity contribution in [3.63, 3.8) is 0 Å². The van der Waals surface area contributed by atoms with Crippen LogP contribution in [-0.4, -0.2) is 44.2 Å². The molecular weight excluding hydrogens is 414 g/mol. The number of halogens is 1. The van der Waals surface area contributed by atoms with E-state index in [1.54, 1.807) is 38.1 Å². The molecule has 0 radical (unpaired) electrons. The zero-order valence-corrected chi connectivity index (χ0v) is 18.0. The van der Waals surface area contributed by atoms with E-state index in [1.807, 2.05) is 0 Å². The molecule has 0 aliphatic heterocycles. The number of rotatable bonds is 8. The van der Waals surface area contributed by atoms with E-state index in [0.29, 0.717) is 16.3 Å². The first-order valence-corrected chi connectivity index (χ1v) is 10.8. The number of amides is 2. The molecule has 0 spiro atoms. The Hall–Kier alpha value is -2.42. The minimum absolute atomic E-state index is 0.0788. The van der Waals surface area contributed by atoms with Gasteiger partial charge in [-0.05, 0) is 62.4 Å². The van der Waals surface area contributed by atoms with Gasteiger partial charge in [-0.3, -0.25) is 9.59 Å². The third-order valence-corrected chi connectivity index (χ3v) is 6.59. The van der Waals surface area contributed by atoms with E-state index in [1.165, 1.54) is 35.6 Å². The van der Waals surface area contributed by atoms with Gasteiger partial charge in [0, 0.05) is 42.3 Å². The molecular formula is C20H24ClN3O4S. The average Bonchev–Trinajstić information content (AvgIpc) is 2.68. The van der Waals surface area contributed by atoms with E-state index in [-0.39, 0.29) is 35.7 Å². The fraction of sp³-hybridized carbons (Fsp3) is 0.300. The molecule has 9 heteroatoms. The number of hydrogen-bond acceptors (Lipinski definition) is 4. The lowest BCUT2D eigenvalue weighted by atomic mass is 10.2. The topological polar surface area (TPSA) is 95.6 Å². The maximum Gasteiger partial charge on any atom is 0.251 e. The average molecular weight is 438 g/mol. The van der Waals surface area contributed by atoms with Crippen LogP contribution in [0.2, 0.25) is 5.02 Å². The van der Waals surface area contributed by atoms with Crippen molar-refractivity contribution in [2.75, 3.05) is 18.9 Å². The highest BCUT2D eigenvalue weighted by Crippen LogP contribution is 2.19. The van der Waals surface area contributed by atoms with Crippen LogP contribution in [-0.2, 0) is 14.8 Å². The number of carbonyl (C=O) groups is 2. The van der Waals surface area contributed by atoms with Crippen LogP contribution >= 0.6 is 11.6 Å². The maximum absolute atomic E-state index is 12.4. The highest BCUT2D eigenvalue weighted by atomic mass is 35.5. The van der Waals surface area contributed by atoms with Crippen molar-refractivity contribution in [2.45, 2.75) is 31.2 Å². The van der Waals surface area contributed by atoms with Gasteiger partial charge >= 0.3 is 0 Å². The summed E-state index contributed by atoms with van der Waals surface area (Å²) < 4.78 is 26.2. The van der Waals surface area contributed by atoms with E-state index in [9.17, 15) is 18.0 Å². The number of benzene rings is 2. The molecule has 0 aliphatic carbocycles. The van der Waals surface area contributed by atoms with Crippen molar-refractivity contribution >= 4 is 39.1 Å². The maximum atomic E-state index is 12.4. The van der Waals surface area contributed by atoms with Gasteiger partial charge in [0.25, 0.3) is 5.91 Å². The normalized spacial score (nSPS) is 11.5. The predicted molar refractivity (Wildman–Crippen MR) is 114 cm³/mol. The quantitative estimate of drug-likeness (QED) is 0.663. The molecule has 2 amide bonds. The monoisotopic (exact) mass is 437 g/mol. The Balaban J connectivity index is 1.86. The zero-order chi connectivity index (χ0) is 21.6. The Morgan fingerprint density at radius 3 is 2.17 bits per heavy atom. The third kappa shape index (κ3) is 6.28. The van der Waals surface area contributed by atoms with E-state index >= 15 is 0 Å². The summed E-state index contributed by atoms with van der Waals surface area (Å²) in [6, 6.07) is 12.2. The van der Waals surface area contributed by atoms with Crippen molar-refractivity contribution in [2.24, 2.45) is 0 Å². The highest BCUT2D eigenvalue weighted by Gasteiger charge is 2.22. The van der Waals surface area contributed by atoms with Crippen LogP contribution in [0.4, 0.5) is 5.69 Å². The third-order valence-electron chi connectivity index (χ3n) is 4.29. The van der Waals surface area contributed by atoms with E-state index < -0.39 is 10.0 Å². The summed E-state index contributed by atoms with van der Waals surface area (Å²) in [6.45, 7) is 3.74. The van der Waals surface area contributed by atoms with Crippen LogP contribution in [0.3, 0.4) is 0 Å². The molecule has 0 heterocycles.